The van der Waals surface area contributed by atoms with E-state index in [1.807, 2.05) is 0 Å². The molecule has 2 atom stereocenters. The number of aromatic amines is 1. The molecule has 3 aromatic rings. The van der Waals surface area contributed by atoms with Crippen molar-refractivity contribution in [1.82, 2.24) is 24.4 Å². The van der Waals surface area contributed by atoms with Gasteiger partial charge in [0.25, 0.3) is 5.91 Å². The normalized spacial score (nSPS) is 20.6. The number of rotatable bonds is 3. The van der Waals surface area contributed by atoms with Gasteiger partial charge in [0.05, 0.1) is 11.1 Å². The minimum atomic E-state index is -0.729. The fraction of sp³-hybridized carbons (Fsp3) is 0.500. The van der Waals surface area contributed by atoms with Crippen molar-refractivity contribution in [1.29, 1.82) is 0 Å². The third kappa shape index (κ3) is 3.79. The number of anilines is 1. The van der Waals surface area contributed by atoms with Crippen molar-refractivity contribution in [2.75, 3.05) is 18.0 Å². The molecule has 0 spiro atoms. The third-order valence-corrected chi connectivity index (χ3v) is 6.72. The lowest BCUT2D eigenvalue weighted by Gasteiger charge is -2.52. The smallest absolute Gasteiger partial charge is 0.327 e. The number of aryl methyl sites for hydroxylation is 1. The van der Waals surface area contributed by atoms with Crippen LogP contribution in [0.4, 0.5) is 10.2 Å². The maximum absolute atomic E-state index is 14.1. The number of nitrogens with one attached hydrogen (secondary N) is 1. The highest BCUT2D eigenvalue weighted by molar-refractivity contribution is 5.94. The summed E-state index contributed by atoms with van der Waals surface area (Å²) in [7, 11) is 1.73. The molecule has 0 radical (unpaired) electrons. The predicted molar refractivity (Wildman–Crippen MR) is 124 cm³/mol. The Hall–Kier alpha value is -3.23. The van der Waals surface area contributed by atoms with Gasteiger partial charge < -0.3 is 14.8 Å². The quantitative estimate of drug-likeness (QED) is 0.618. The number of pyridine rings is 2. The topological polar surface area (TPSA) is 87.1 Å². The Bertz CT molecular complexity index is 1290. The Morgan fingerprint density at radius 2 is 2.00 bits per heavy atom. The van der Waals surface area contributed by atoms with Crippen LogP contribution in [-0.2, 0) is 13.5 Å². The van der Waals surface area contributed by atoms with E-state index in [2.05, 4.69) is 41.7 Å². The number of fused-ring (bicyclic) bond motifs is 4. The lowest BCUT2D eigenvalue weighted by molar-refractivity contribution is 0.0498. The second-order valence-corrected chi connectivity index (χ2v) is 10.4. The Morgan fingerprint density at radius 1 is 1.24 bits per heavy atom. The summed E-state index contributed by atoms with van der Waals surface area (Å²) in [5.74, 6) is -0.210. The van der Waals surface area contributed by atoms with Gasteiger partial charge in [-0.1, -0.05) is 20.8 Å². The van der Waals surface area contributed by atoms with Crippen LogP contribution in [-0.4, -0.2) is 55.5 Å². The molecule has 3 fully saturated rings. The molecule has 6 rings (SSSR count). The molecule has 0 aromatic carbocycles. The average Bonchev–Trinajstić information content (AvgIpc) is 3.07. The molecule has 3 aromatic heterocycles. The lowest BCUT2D eigenvalue weighted by Crippen LogP contribution is -2.64. The fourth-order valence-electron chi connectivity index (χ4n) is 5.15. The van der Waals surface area contributed by atoms with Gasteiger partial charge in [-0.3, -0.25) is 9.36 Å². The third-order valence-electron chi connectivity index (χ3n) is 6.72. The molecule has 0 saturated carbocycles. The van der Waals surface area contributed by atoms with Crippen LogP contribution in [0, 0.1) is 11.4 Å². The van der Waals surface area contributed by atoms with Gasteiger partial charge in [-0.15, -0.1) is 0 Å². The van der Waals surface area contributed by atoms with Gasteiger partial charge in [-0.05, 0) is 48.4 Å². The average molecular weight is 453 g/mol. The van der Waals surface area contributed by atoms with E-state index in [9.17, 15) is 14.0 Å². The van der Waals surface area contributed by atoms with Crippen molar-refractivity contribution >= 4 is 22.9 Å². The highest BCUT2D eigenvalue weighted by Crippen LogP contribution is 2.35. The summed E-state index contributed by atoms with van der Waals surface area (Å²) in [5, 5.41) is 0. The van der Waals surface area contributed by atoms with Gasteiger partial charge >= 0.3 is 5.69 Å². The summed E-state index contributed by atoms with van der Waals surface area (Å²) < 4.78 is 15.7. The second-order valence-electron chi connectivity index (χ2n) is 10.4. The number of aromatic nitrogens is 4. The van der Waals surface area contributed by atoms with E-state index in [0.29, 0.717) is 18.7 Å². The van der Waals surface area contributed by atoms with E-state index in [1.54, 1.807) is 22.6 Å². The molecule has 3 aliphatic heterocycles. The van der Waals surface area contributed by atoms with Crippen LogP contribution in [0.3, 0.4) is 0 Å². The molecule has 9 heteroatoms. The van der Waals surface area contributed by atoms with Crippen LogP contribution in [0.1, 0.15) is 49.5 Å². The van der Waals surface area contributed by atoms with Crippen LogP contribution in [0.15, 0.2) is 29.2 Å². The summed E-state index contributed by atoms with van der Waals surface area (Å²) >= 11 is 0. The Labute approximate surface area is 191 Å². The number of hydrogen-bond donors (Lipinski definition) is 1. The molecule has 3 saturated heterocycles. The standard InChI is InChI=1S/C24H29FN6O2/c1-24(2,3)11-14-10-18(27-21-19(14)28-23(33)29(21)4)30-12-16-8-7-15(30)13-31(16)22(32)17-6-5-9-26-20(17)25/h5-6,9-10,15-16H,7-8,11-13H2,1-4H3,(H,28,33). The van der Waals surface area contributed by atoms with Crippen LogP contribution in [0.25, 0.3) is 11.2 Å². The van der Waals surface area contributed by atoms with Crippen molar-refractivity contribution in [3.63, 3.8) is 0 Å². The molecule has 0 aliphatic carbocycles. The molecule has 1 amide bonds. The van der Waals surface area contributed by atoms with E-state index in [-0.39, 0.29) is 34.7 Å². The van der Waals surface area contributed by atoms with Gasteiger partial charge in [0.1, 0.15) is 5.82 Å². The van der Waals surface area contributed by atoms with Crippen LogP contribution in [0.2, 0.25) is 0 Å². The van der Waals surface area contributed by atoms with Crippen molar-refractivity contribution < 1.29 is 9.18 Å². The minimum absolute atomic E-state index is 0.0194. The molecular weight excluding hydrogens is 423 g/mol. The maximum atomic E-state index is 14.1. The first-order chi connectivity index (χ1) is 15.6. The van der Waals surface area contributed by atoms with Crippen LogP contribution in [0.5, 0.6) is 0 Å². The Balaban J connectivity index is 1.48. The van der Waals surface area contributed by atoms with E-state index in [1.165, 1.54) is 12.3 Å². The first-order valence-corrected chi connectivity index (χ1v) is 11.4. The zero-order valence-electron chi connectivity index (χ0n) is 19.4. The van der Waals surface area contributed by atoms with Gasteiger partial charge in [0.2, 0.25) is 5.95 Å². The fourth-order valence-corrected chi connectivity index (χ4v) is 5.15. The number of halogens is 1. The van der Waals surface area contributed by atoms with Crippen molar-refractivity contribution in [3.8, 4) is 0 Å². The summed E-state index contributed by atoms with van der Waals surface area (Å²) in [5.41, 5.74) is 2.37. The van der Waals surface area contributed by atoms with Crippen molar-refractivity contribution in [3.05, 3.63) is 52.0 Å². The number of carbonyl (C=O) groups is 1. The number of hydrogen-bond acceptors (Lipinski definition) is 5. The first-order valence-electron chi connectivity index (χ1n) is 11.4. The van der Waals surface area contributed by atoms with E-state index in [0.717, 1.165) is 36.2 Å². The first kappa shape index (κ1) is 21.6. The highest BCUT2D eigenvalue weighted by atomic mass is 19.1. The number of amides is 1. The van der Waals surface area contributed by atoms with Gasteiger partial charge in [-0.25, -0.2) is 14.8 Å². The summed E-state index contributed by atoms with van der Waals surface area (Å²) in [6, 6.07) is 5.22. The number of piperazine rings is 1. The number of carbonyl (C=O) groups excluding carboxylic acids is 1. The molecule has 33 heavy (non-hydrogen) atoms. The summed E-state index contributed by atoms with van der Waals surface area (Å²) in [6.07, 6.45) is 3.95. The largest absolute Gasteiger partial charge is 0.350 e. The monoisotopic (exact) mass is 452 g/mol. The van der Waals surface area contributed by atoms with Gasteiger partial charge in [0, 0.05) is 38.4 Å². The zero-order valence-corrected chi connectivity index (χ0v) is 19.4. The number of H-pyrrole nitrogens is 1. The number of imidazole rings is 1. The molecule has 3 aliphatic rings. The van der Waals surface area contributed by atoms with E-state index >= 15 is 0 Å². The maximum Gasteiger partial charge on any atom is 0.327 e. The Morgan fingerprint density at radius 3 is 2.67 bits per heavy atom. The van der Waals surface area contributed by atoms with Crippen molar-refractivity contribution in [2.24, 2.45) is 12.5 Å². The van der Waals surface area contributed by atoms with E-state index in [4.69, 9.17) is 4.98 Å². The number of piperidine rings is 2. The van der Waals surface area contributed by atoms with E-state index < -0.39 is 5.95 Å². The molecule has 8 nitrogen and oxygen atoms in total. The number of nitrogens with zero attached hydrogens (tertiary/aromatic N) is 5. The molecular formula is C24H29FN6O2. The zero-order chi connectivity index (χ0) is 23.5. The van der Waals surface area contributed by atoms with Crippen LogP contribution < -0.4 is 10.6 Å². The molecule has 2 bridgehead atoms. The second kappa shape index (κ2) is 7.67. The molecule has 174 valence electrons. The molecule has 2 unspecified atom stereocenters. The van der Waals surface area contributed by atoms with Gasteiger partial charge in [-0.2, -0.15) is 4.39 Å². The van der Waals surface area contributed by atoms with Gasteiger partial charge in [0.15, 0.2) is 5.65 Å². The SMILES string of the molecule is Cn1c(=O)[nH]c2c(CC(C)(C)C)cc(N3CC4CCC3CN4C(=O)c3cccnc3F)nc21. The van der Waals surface area contributed by atoms with Crippen molar-refractivity contribution in [2.45, 2.75) is 52.1 Å². The van der Waals surface area contributed by atoms with Crippen LogP contribution >= 0.6 is 0 Å². The summed E-state index contributed by atoms with van der Waals surface area (Å²) in [6.45, 7) is 7.65. The highest BCUT2D eigenvalue weighted by Gasteiger charge is 2.42. The molecule has 1 N–H and O–H groups in total. The minimum Gasteiger partial charge on any atom is -0.350 e. The molecule has 6 heterocycles. The predicted octanol–water partition coefficient (Wildman–Crippen LogP) is 2.88. The Kier molecular flexibility index (Phi) is 5.02. The lowest BCUT2D eigenvalue weighted by atomic mass is 9.87. The summed E-state index contributed by atoms with van der Waals surface area (Å²) in [4.78, 5) is 40.9.